The minimum absolute atomic E-state index is 0.0908. The van der Waals surface area contributed by atoms with E-state index in [0.29, 0.717) is 16.7 Å². The van der Waals surface area contributed by atoms with E-state index in [1.165, 1.54) is 0 Å². The standard InChI is InChI=1S/C17H16N2O2/c1-4-13(6-5-11(2)10-18)12(3)14-7-8-16-15(9-14)19-17(20)21-16/h4-9,12H,1H2,2-3H3,(H,19,20)/b11-5+,13-6+. The van der Waals surface area contributed by atoms with Gasteiger partial charge in [-0.05, 0) is 36.3 Å². The summed E-state index contributed by atoms with van der Waals surface area (Å²) in [5.41, 5.74) is 3.89. The Labute approximate surface area is 122 Å². The molecule has 2 aromatic rings. The first-order valence-corrected chi connectivity index (χ1v) is 6.59. The van der Waals surface area contributed by atoms with Crippen LogP contribution in [0.3, 0.4) is 0 Å². The Morgan fingerprint density at radius 3 is 2.90 bits per heavy atom. The van der Waals surface area contributed by atoms with Crippen LogP contribution in [0.5, 0.6) is 0 Å². The Morgan fingerprint density at radius 2 is 2.24 bits per heavy atom. The SMILES string of the molecule is C=C/C(=C\C=C(/C)C#N)C(C)c1ccc2oc(=O)[nH]c2c1. The van der Waals surface area contributed by atoms with Crippen molar-refractivity contribution in [2.45, 2.75) is 19.8 Å². The van der Waals surface area contributed by atoms with Crippen molar-refractivity contribution in [3.8, 4) is 6.07 Å². The highest BCUT2D eigenvalue weighted by Crippen LogP contribution is 2.27. The van der Waals surface area contributed by atoms with Gasteiger partial charge < -0.3 is 4.42 Å². The zero-order chi connectivity index (χ0) is 15.4. The Kier molecular flexibility index (Phi) is 4.24. The summed E-state index contributed by atoms with van der Waals surface area (Å²) in [6.45, 7) is 7.62. The summed E-state index contributed by atoms with van der Waals surface area (Å²) in [5.74, 6) is -0.366. The largest absolute Gasteiger partial charge is 0.417 e. The number of H-pyrrole nitrogens is 1. The van der Waals surface area contributed by atoms with Gasteiger partial charge in [-0.2, -0.15) is 5.26 Å². The maximum atomic E-state index is 11.2. The molecule has 106 valence electrons. The van der Waals surface area contributed by atoms with E-state index in [4.69, 9.17) is 9.68 Å². The molecule has 1 aromatic carbocycles. The molecule has 0 aliphatic carbocycles. The van der Waals surface area contributed by atoms with Crippen molar-refractivity contribution in [2.75, 3.05) is 0 Å². The van der Waals surface area contributed by atoms with Gasteiger partial charge in [0.05, 0.1) is 11.6 Å². The molecule has 1 heterocycles. The summed E-state index contributed by atoms with van der Waals surface area (Å²) in [7, 11) is 0. The van der Waals surface area contributed by atoms with Crippen molar-refractivity contribution in [1.29, 1.82) is 5.26 Å². The van der Waals surface area contributed by atoms with Crippen LogP contribution in [-0.4, -0.2) is 4.98 Å². The van der Waals surface area contributed by atoms with E-state index in [1.54, 1.807) is 25.1 Å². The van der Waals surface area contributed by atoms with E-state index in [2.05, 4.69) is 17.6 Å². The lowest BCUT2D eigenvalue weighted by Crippen LogP contribution is -1.96. The molecule has 1 aromatic heterocycles. The number of oxazole rings is 1. The topological polar surface area (TPSA) is 69.8 Å². The molecule has 1 atom stereocenters. The van der Waals surface area contributed by atoms with Crippen LogP contribution in [0.2, 0.25) is 0 Å². The molecule has 21 heavy (non-hydrogen) atoms. The number of fused-ring (bicyclic) bond motifs is 1. The van der Waals surface area contributed by atoms with Gasteiger partial charge in [-0.15, -0.1) is 0 Å². The molecule has 4 nitrogen and oxygen atoms in total. The van der Waals surface area contributed by atoms with Crippen molar-refractivity contribution in [2.24, 2.45) is 0 Å². The maximum absolute atomic E-state index is 11.2. The summed E-state index contributed by atoms with van der Waals surface area (Å²) in [6, 6.07) is 7.66. The highest BCUT2D eigenvalue weighted by atomic mass is 16.4. The van der Waals surface area contributed by atoms with Crippen LogP contribution in [0.4, 0.5) is 0 Å². The molecular weight excluding hydrogens is 264 g/mol. The van der Waals surface area contributed by atoms with Crippen molar-refractivity contribution in [1.82, 2.24) is 4.98 Å². The summed E-state index contributed by atoms with van der Waals surface area (Å²) < 4.78 is 4.99. The number of hydrogen-bond acceptors (Lipinski definition) is 3. The molecule has 1 N–H and O–H groups in total. The number of allylic oxidation sites excluding steroid dienone is 5. The van der Waals surface area contributed by atoms with Crippen LogP contribution in [0.25, 0.3) is 11.1 Å². The second-order valence-electron chi connectivity index (χ2n) is 4.82. The lowest BCUT2D eigenvalue weighted by molar-refractivity contribution is 0.555. The fourth-order valence-electron chi connectivity index (χ4n) is 2.08. The lowest BCUT2D eigenvalue weighted by atomic mass is 9.92. The molecule has 0 radical (unpaired) electrons. The average molecular weight is 280 g/mol. The molecule has 0 amide bonds. The van der Waals surface area contributed by atoms with Gasteiger partial charge in [0.25, 0.3) is 0 Å². The van der Waals surface area contributed by atoms with Crippen molar-refractivity contribution in [3.05, 3.63) is 70.3 Å². The van der Waals surface area contributed by atoms with E-state index in [-0.39, 0.29) is 5.92 Å². The minimum atomic E-state index is -0.457. The smallest absolute Gasteiger partial charge is 0.408 e. The van der Waals surface area contributed by atoms with Gasteiger partial charge in [-0.1, -0.05) is 31.7 Å². The summed E-state index contributed by atoms with van der Waals surface area (Å²) in [4.78, 5) is 13.8. The van der Waals surface area contributed by atoms with Gasteiger partial charge in [0.2, 0.25) is 0 Å². The number of rotatable bonds is 4. The first-order chi connectivity index (χ1) is 10.0. The predicted octanol–water partition coefficient (Wildman–Crippen LogP) is 3.81. The maximum Gasteiger partial charge on any atom is 0.417 e. The Bertz CT molecular complexity index is 828. The molecule has 0 aliphatic rings. The first kappa shape index (κ1) is 14.6. The molecule has 1 unspecified atom stereocenters. The average Bonchev–Trinajstić information content (AvgIpc) is 2.86. The molecular formula is C17H16N2O2. The van der Waals surface area contributed by atoms with Crippen LogP contribution in [0, 0.1) is 11.3 Å². The number of nitriles is 1. The molecule has 0 saturated heterocycles. The molecule has 0 saturated carbocycles. The fourth-order valence-corrected chi connectivity index (χ4v) is 2.08. The van der Waals surface area contributed by atoms with E-state index in [0.717, 1.165) is 11.1 Å². The highest BCUT2D eigenvalue weighted by molar-refractivity contribution is 5.73. The summed E-state index contributed by atoms with van der Waals surface area (Å²) in [6.07, 6.45) is 5.43. The van der Waals surface area contributed by atoms with E-state index >= 15 is 0 Å². The third-order valence-corrected chi connectivity index (χ3v) is 3.38. The van der Waals surface area contributed by atoms with Crippen LogP contribution in [-0.2, 0) is 0 Å². The zero-order valence-corrected chi connectivity index (χ0v) is 12.0. The van der Waals surface area contributed by atoms with Gasteiger partial charge in [-0.3, -0.25) is 4.98 Å². The summed E-state index contributed by atoms with van der Waals surface area (Å²) >= 11 is 0. The van der Waals surface area contributed by atoms with Crippen LogP contribution < -0.4 is 5.76 Å². The van der Waals surface area contributed by atoms with E-state index in [1.807, 2.05) is 25.1 Å². The van der Waals surface area contributed by atoms with Gasteiger partial charge >= 0.3 is 5.76 Å². The fraction of sp³-hybridized carbons (Fsp3) is 0.176. The molecule has 0 aliphatic heterocycles. The van der Waals surface area contributed by atoms with Crippen molar-refractivity contribution < 1.29 is 4.42 Å². The number of nitrogens with one attached hydrogen (secondary N) is 1. The van der Waals surface area contributed by atoms with Crippen LogP contribution >= 0.6 is 0 Å². The normalized spacial score (nSPS) is 14.0. The minimum Gasteiger partial charge on any atom is -0.408 e. The quantitative estimate of drug-likeness (QED) is 0.684. The van der Waals surface area contributed by atoms with Gasteiger partial charge in [0.15, 0.2) is 5.58 Å². The van der Waals surface area contributed by atoms with Gasteiger partial charge in [-0.25, -0.2) is 4.79 Å². The first-order valence-electron chi connectivity index (χ1n) is 6.59. The monoisotopic (exact) mass is 280 g/mol. The Balaban J connectivity index is 2.39. The van der Waals surface area contributed by atoms with Crippen molar-refractivity contribution in [3.63, 3.8) is 0 Å². The molecule has 0 spiro atoms. The van der Waals surface area contributed by atoms with Crippen LogP contribution in [0.1, 0.15) is 25.3 Å². The molecule has 0 bridgehead atoms. The molecule has 0 fully saturated rings. The molecule has 2 rings (SSSR count). The van der Waals surface area contributed by atoms with E-state index < -0.39 is 5.76 Å². The number of benzene rings is 1. The lowest BCUT2D eigenvalue weighted by Gasteiger charge is -2.13. The Hall–Kier alpha value is -2.80. The Morgan fingerprint density at radius 1 is 1.48 bits per heavy atom. The van der Waals surface area contributed by atoms with Gasteiger partial charge in [0.1, 0.15) is 0 Å². The number of nitrogens with zero attached hydrogens (tertiary/aromatic N) is 1. The summed E-state index contributed by atoms with van der Waals surface area (Å²) in [5, 5.41) is 8.78. The predicted molar refractivity (Wildman–Crippen MR) is 82.9 cm³/mol. The van der Waals surface area contributed by atoms with Crippen LogP contribution in [0.15, 0.2) is 63.4 Å². The van der Waals surface area contributed by atoms with Crippen molar-refractivity contribution >= 4 is 11.1 Å². The third kappa shape index (κ3) is 3.21. The van der Waals surface area contributed by atoms with Gasteiger partial charge in [0, 0.05) is 11.5 Å². The second-order valence-corrected chi connectivity index (χ2v) is 4.82. The number of aromatic amines is 1. The number of aromatic nitrogens is 1. The second kappa shape index (κ2) is 6.10. The zero-order valence-electron chi connectivity index (χ0n) is 12.0. The molecule has 4 heteroatoms. The highest BCUT2D eigenvalue weighted by Gasteiger charge is 2.10. The number of hydrogen-bond donors (Lipinski definition) is 1. The third-order valence-electron chi connectivity index (χ3n) is 3.38. The van der Waals surface area contributed by atoms with E-state index in [9.17, 15) is 4.79 Å².